The minimum Gasteiger partial charge on any atom is -0.490 e. The summed E-state index contributed by atoms with van der Waals surface area (Å²) in [7, 11) is 0. The van der Waals surface area contributed by atoms with Gasteiger partial charge in [0.2, 0.25) is 5.75 Å². The van der Waals surface area contributed by atoms with Gasteiger partial charge >= 0.3 is 11.9 Å². The van der Waals surface area contributed by atoms with Crippen molar-refractivity contribution in [3.05, 3.63) is 126 Å². The van der Waals surface area contributed by atoms with Crippen LogP contribution in [-0.2, 0) is 12.8 Å². The molecule has 1 aromatic heterocycles. The number of nitro groups is 1. The molecule has 1 heterocycles. The molecule has 0 spiro atoms. The molecule has 9 nitrogen and oxygen atoms in total. The fraction of sp³-hybridized carbons (Fsp3) is 0.129. The van der Waals surface area contributed by atoms with Crippen molar-refractivity contribution < 1.29 is 27.6 Å². The molecular formula is C31H21Cl2F3N4O5. The highest BCUT2D eigenvalue weighted by Crippen LogP contribution is 2.39. The van der Waals surface area contributed by atoms with Crippen molar-refractivity contribution in [2.45, 2.75) is 19.7 Å². The molecule has 0 radical (unpaired) electrons. The molecule has 4 aromatic carbocycles. The molecule has 0 aliphatic rings. The molecule has 0 saturated carbocycles. The number of hydrogen-bond donors (Lipinski definition) is 0. The topological polar surface area (TPSA) is 109 Å². The van der Waals surface area contributed by atoms with Crippen LogP contribution in [0, 0.1) is 10.1 Å². The lowest BCUT2D eigenvalue weighted by Gasteiger charge is -2.14. The van der Waals surface area contributed by atoms with E-state index in [-0.39, 0.29) is 57.6 Å². The Morgan fingerprint density at radius 3 is 2.49 bits per heavy atom. The van der Waals surface area contributed by atoms with Gasteiger partial charge in [-0.2, -0.15) is 22.9 Å². The van der Waals surface area contributed by atoms with Crippen molar-refractivity contribution in [1.29, 1.82) is 0 Å². The first kappa shape index (κ1) is 31.5. The largest absolute Gasteiger partial charge is 0.490 e. The van der Waals surface area contributed by atoms with Gasteiger partial charge in [-0.1, -0.05) is 53.5 Å². The van der Waals surface area contributed by atoms with E-state index in [1.807, 2.05) is 0 Å². The molecule has 0 atom stereocenters. The number of fused-ring (bicyclic) bond motifs is 1. The molecule has 0 bridgehead atoms. The van der Waals surface area contributed by atoms with Gasteiger partial charge in [0.25, 0.3) is 5.56 Å². The number of aromatic nitrogens is 2. The summed E-state index contributed by atoms with van der Waals surface area (Å²) in [6.07, 6.45) is -3.49. The lowest BCUT2D eigenvalue weighted by atomic mass is 10.1. The van der Waals surface area contributed by atoms with Crippen molar-refractivity contribution >= 4 is 46.0 Å². The zero-order valence-corrected chi connectivity index (χ0v) is 24.7. The first-order valence-electron chi connectivity index (χ1n) is 13.2. The van der Waals surface area contributed by atoms with Crippen LogP contribution in [0.15, 0.2) is 88.8 Å². The molecular weight excluding hydrogens is 636 g/mol. The number of nitrogens with zero attached hydrogens (tertiary/aromatic N) is 4. The normalized spacial score (nSPS) is 11.7. The monoisotopic (exact) mass is 656 g/mol. The van der Waals surface area contributed by atoms with E-state index in [2.05, 4.69) is 10.1 Å². The first-order valence-corrected chi connectivity index (χ1v) is 14.0. The van der Waals surface area contributed by atoms with Crippen LogP contribution < -0.4 is 15.0 Å². The van der Waals surface area contributed by atoms with Crippen LogP contribution in [0.25, 0.3) is 22.3 Å². The quantitative estimate of drug-likeness (QED) is 0.0899. The second kappa shape index (κ2) is 13.0. The van der Waals surface area contributed by atoms with Crippen molar-refractivity contribution in [3.8, 4) is 22.9 Å². The number of rotatable bonds is 9. The van der Waals surface area contributed by atoms with Crippen LogP contribution in [0.4, 0.5) is 18.9 Å². The van der Waals surface area contributed by atoms with Crippen LogP contribution in [-0.4, -0.2) is 27.4 Å². The maximum absolute atomic E-state index is 13.5. The summed E-state index contributed by atoms with van der Waals surface area (Å²) in [5, 5.41) is 17.1. The number of nitro benzene ring substituents is 1. The van der Waals surface area contributed by atoms with Crippen LogP contribution >= 0.6 is 23.2 Å². The molecule has 0 aliphatic heterocycles. The Labute approximate surface area is 263 Å². The molecule has 0 N–H and O–H groups in total. The average molecular weight is 657 g/mol. The van der Waals surface area contributed by atoms with Crippen molar-refractivity contribution in [1.82, 2.24) is 9.66 Å². The standard InChI is InChI=1S/C31H21Cl2F3N4O5/c1-2-44-27-14-19(13-26(40(42)43)28(27)45-17-18-10-11-23(32)24(33)12-18)16-37-39-29(20-6-5-7-21(15-20)31(34,35)36)38-25-9-4-3-8-22(25)30(39)41/h3-16H,2,17H2,1H3. The lowest BCUT2D eigenvalue weighted by molar-refractivity contribution is -0.386. The van der Waals surface area contributed by atoms with Crippen molar-refractivity contribution in [2.75, 3.05) is 6.61 Å². The van der Waals surface area contributed by atoms with Gasteiger partial charge in [0.05, 0.1) is 44.3 Å². The second-order valence-corrected chi connectivity index (χ2v) is 10.3. The van der Waals surface area contributed by atoms with E-state index in [0.717, 1.165) is 23.0 Å². The Morgan fingerprint density at radius 1 is 1.00 bits per heavy atom. The third kappa shape index (κ3) is 6.92. The predicted octanol–water partition coefficient (Wildman–Crippen LogP) is 8.16. The molecule has 14 heteroatoms. The van der Waals surface area contributed by atoms with E-state index in [0.29, 0.717) is 10.6 Å². The molecule has 0 aliphatic carbocycles. The molecule has 45 heavy (non-hydrogen) atoms. The Hall–Kier alpha value is -4.94. The highest BCUT2D eigenvalue weighted by molar-refractivity contribution is 6.42. The van der Waals surface area contributed by atoms with E-state index >= 15 is 0 Å². The SMILES string of the molecule is CCOc1cc(C=Nn2c(-c3cccc(C(F)(F)F)c3)nc3ccccc3c2=O)cc([N+](=O)[O-])c1OCc1ccc(Cl)c(Cl)c1. The number of para-hydroxylation sites is 1. The lowest BCUT2D eigenvalue weighted by Crippen LogP contribution is -2.20. The first-order chi connectivity index (χ1) is 21.5. The Kier molecular flexibility index (Phi) is 9.07. The summed E-state index contributed by atoms with van der Waals surface area (Å²) in [5.41, 5.74) is -1.09. The minimum absolute atomic E-state index is 0.0168. The zero-order valence-electron chi connectivity index (χ0n) is 23.2. The van der Waals surface area contributed by atoms with Crippen LogP contribution in [0.2, 0.25) is 10.0 Å². The number of benzene rings is 4. The molecule has 0 fully saturated rings. The van der Waals surface area contributed by atoms with Gasteiger partial charge in [0.1, 0.15) is 6.61 Å². The molecule has 0 unspecified atom stereocenters. The van der Waals surface area contributed by atoms with E-state index < -0.39 is 27.9 Å². The maximum atomic E-state index is 13.5. The van der Waals surface area contributed by atoms with Gasteiger partial charge < -0.3 is 9.47 Å². The van der Waals surface area contributed by atoms with Crippen LogP contribution in [0.5, 0.6) is 11.5 Å². The van der Waals surface area contributed by atoms with Crippen LogP contribution in [0.3, 0.4) is 0 Å². The highest BCUT2D eigenvalue weighted by atomic mass is 35.5. The van der Waals surface area contributed by atoms with Crippen molar-refractivity contribution in [2.24, 2.45) is 5.10 Å². The van der Waals surface area contributed by atoms with Crippen LogP contribution in [0.1, 0.15) is 23.6 Å². The fourth-order valence-corrected chi connectivity index (χ4v) is 4.71. The second-order valence-electron chi connectivity index (χ2n) is 9.49. The summed E-state index contributed by atoms with van der Waals surface area (Å²) in [6.45, 7) is 1.72. The van der Waals surface area contributed by atoms with E-state index in [1.165, 1.54) is 30.3 Å². The van der Waals surface area contributed by atoms with Gasteiger partial charge in [-0.15, -0.1) is 0 Å². The third-order valence-corrected chi connectivity index (χ3v) is 7.18. The zero-order chi connectivity index (χ0) is 32.3. The van der Waals surface area contributed by atoms with E-state index in [4.69, 9.17) is 32.7 Å². The summed E-state index contributed by atoms with van der Waals surface area (Å²) in [4.78, 5) is 29.4. The predicted molar refractivity (Wildman–Crippen MR) is 164 cm³/mol. The van der Waals surface area contributed by atoms with Gasteiger partial charge in [0, 0.05) is 17.2 Å². The molecule has 5 aromatic rings. The average Bonchev–Trinajstić information content (AvgIpc) is 3.01. The fourth-order valence-electron chi connectivity index (χ4n) is 4.39. The third-order valence-electron chi connectivity index (χ3n) is 6.45. The molecule has 0 saturated heterocycles. The van der Waals surface area contributed by atoms with Gasteiger partial charge in [-0.05, 0) is 55.0 Å². The molecule has 230 valence electrons. The summed E-state index contributed by atoms with van der Waals surface area (Å²) in [5.74, 6) is -0.295. The maximum Gasteiger partial charge on any atom is 0.416 e. The number of alkyl halides is 3. The van der Waals surface area contributed by atoms with Gasteiger partial charge in [-0.3, -0.25) is 14.9 Å². The van der Waals surface area contributed by atoms with E-state index in [1.54, 1.807) is 43.3 Å². The van der Waals surface area contributed by atoms with E-state index in [9.17, 15) is 28.1 Å². The molecule has 0 amide bonds. The summed E-state index contributed by atoms with van der Waals surface area (Å²) < 4.78 is 52.8. The number of halogens is 5. The Balaban J connectivity index is 1.60. The number of hydrogen-bond acceptors (Lipinski definition) is 7. The summed E-state index contributed by atoms with van der Waals surface area (Å²) >= 11 is 12.0. The Bertz CT molecular complexity index is 2010. The van der Waals surface area contributed by atoms with Crippen molar-refractivity contribution in [3.63, 3.8) is 0 Å². The Morgan fingerprint density at radius 2 is 1.78 bits per heavy atom. The van der Waals surface area contributed by atoms with Gasteiger partial charge in [-0.25, -0.2) is 4.98 Å². The van der Waals surface area contributed by atoms with Gasteiger partial charge in [0.15, 0.2) is 11.6 Å². The molecule has 5 rings (SSSR count). The summed E-state index contributed by atoms with van der Waals surface area (Å²) in [6, 6.07) is 18.0. The highest BCUT2D eigenvalue weighted by Gasteiger charge is 2.31. The number of ether oxygens (including phenoxy) is 2. The smallest absolute Gasteiger partial charge is 0.416 e. The minimum atomic E-state index is -4.64.